The van der Waals surface area contributed by atoms with Crippen molar-refractivity contribution in [2.45, 2.75) is 0 Å². The summed E-state index contributed by atoms with van der Waals surface area (Å²) in [4.78, 5) is 11.6. The zero-order valence-electron chi connectivity index (χ0n) is 9.98. The van der Waals surface area contributed by atoms with Crippen LogP contribution in [0.3, 0.4) is 0 Å². The molecule has 19 heavy (non-hydrogen) atoms. The van der Waals surface area contributed by atoms with Gasteiger partial charge in [0.15, 0.2) is 5.76 Å². The van der Waals surface area contributed by atoms with Gasteiger partial charge in [0.25, 0.3) is 0 Å². The Balaban J connectivity index is 2.11. The molecule has 0 aliphatic carbocycles. The Kier molecular flexibility index (Phi) is 3.83. The van der Waals surface area contributed by atoms with Crippen LogP contribution in [0, 0.1) is 0 Å². The molecule has 0 spiro atoms. The van der Waals surface area contributed by atoms with Gasteiger partial charge in [0.2, 0.25) is 0 Å². The fourth-order valence-electron chi connectivity index (χ4n) is 1.51. The van der Waals surface area contributed by atoms with Crippen LogP contribution >= 0.6 is 0 Å². The quantitative estimate of drug-likeness (QED) is 0.654. The number of benzene rings is 2. The summed E-state index contributed by atoms with van der Waals surface area (Å²) in [5.74, 6) is -0.989. The predicted octanol–water partition coefficient (Wildman–Crippen LogP) is 3.11. The molecule has 0 radical (unpaired) electrons. The van der Waals surface area contributed by atoms with E-state index in [2.05, 4.69) is 0 Å². The van der Waals surface area contributed by atoms with Crippen molar-refractivity contribution in [3.8, 4) is 5.75 Å². The van der Waals surface area contributed by atoms with E-state index >= 15 is 0 Å². The minimum atomic E-state index is -0.581. The number of phenols is 1. The highest BCUT2D eigenvalue weighted by Gasteiger charge is 2.08. The van der Waals surface area contributed by atoms with Crippen LogP contribution in [0.5, 0.6) is 5.75 Å². The lowest BCUT2D eigenvalue weighted by Crippen LogP contribution is -2.00. The van der Waals surface area contributed by atoms with E-state index in [9.17, 15) is 15.0 Å². The molecule has 4 nitrogen and oxygen atoms in total. The fourth-order valence-corrected chi connectivity index (χ4v) is 1.51. The van der Waals surface area contributed by atoms with Gasteiger partial charge in [-0.3, -0.25) is 0 Å². The van der Waals surface area contributed by atoms with Crippen molar-refractivity contribution in [2.75, 3.05) is 0 Å². The van der Waals surface area contributed by atoms with Gasteiger partial charge in [0.1, 0.15) is 12.0 Å². The van der Waals surface area contributed by atoms with Crippen LogP contribution in [0.2, 0.25) is 0 Å². The number of ether oxygens (including phenoxy) is 1. The third-order valence-electron chi connectivity index (χ3n) is 2.47. The van der Waals surface area contributed by atoms with Crippen molar-refractivity contribution >= 4 is 11.7 Å². The van der Waals surface area contributed by atoms with Crippen molar-refractivity contribution in [1.29, 1.82) is 0 Å². The van der Waals surface area contributed by atoms with Gasteiger partial charge in [-0.05, 0) is 24.3 Å². The number of para-hydroxylation sites is 1. The zero-order valence-corrected chi connectivity index (χ0v) is 9.98. The van der Waals surface area contributed by atoms with Crippen LogP contribution < -0.4 is 0 Å². The highest BCUT2D eigenvalue weighted by atomic mass is 16.5. The number of aromatic hydroxyl groups is 1. The number of aliphatic hydroxyl groups excluding tert-OH is 1. The average molecular weight is 256 g/mol. The highest BCUT2D eigenvalue weighted by Crippen LogP contribution is 2.22. The molecule has 0 bridgehead atoms. The van der Waals surface area contributed by atoms with Crippen LogP contribution in [0.25, 0.3) is 5.76 Å². The number of rotatable bonds is 3. The first-order valence-corrected chi connectivity index (χ1v) is 5.62. The van der Waals surface area contributed by atoms with Crippen molar-refractivity contribution in [2.24, 2.45) is 0 Å². The Hall–Kier alpha value is -2.75. The average Bonchev–Trinajstić information content (AvgIpc) is 2.46. The number of hydrogen-bond acceptors (Lipinski definition) is 4. The minimum absolute atomic E-state index is 0.0907. The molecule has 2 aromatic carbocycles. The lowest BCUT2D eigenvalue weighted by atomic mass is 10.2. The summed E-state index contributed by atoms with van der Waals surface area (Å²) in [6.07, 6.45) is 0.907. The van der Waals surface area contributed by atoms with Crippen molar-refractivity contribution in [1.82, 2.24) is 0 Å². The summed E-state index contributed by atoms with van der Waals surface area (Å²) in [7, 11) is 0. The molecule has 0 aromatic heterocycles. The van der Waals surface area contributed by atoms with E-state index in [1.165, 1.54) is 12.1 Å². The summed E-state index contributed by atoms with van der Waals surface area (Å²) >= 11 is 0. The molecule has 4 heteroatoms. The van der Waals surface area contributed by atoms with Gasteiger partial charge >= 0.3 is 5.97 Å². The number of hydrogen-bond donors (Lipinski definition) is 2. The molecule has 0 atom stereocenters. The first kappa shape index (κ1) is 12.7. The number of phenolic OH excluding ortho intramolecular Hbond substituents is 1. The standard InChI is InChI=1S/C15H12O4/c16-13-9-5-4-8-12(13)14(17)10-19-15(18)11-6-2-1-3-7-11/h1-10,16-17H/b14-10-. The maximum atomic E-state index is 11.6. The fraction of sp³-hybridized carbons (Fsp3) is 0. The molecule has 0 fully saturated rings. The molecule has 2 rings (SSSR count). The second-order valence-corrected chi connectivity index (χ2v) is 3.79. The van der Waals surface area contributed by atoms with E-state index in [1.807, 2.05) is 0 Å². The second-order valence-electron chi connectivity index (χ2n) is 3.79. The van der Waals surface area contributed by atoms with Gasteiger partial charge in [0, 0.05) is 0 Å². The van der Waals surface area contributed by atoms with Gasteiger partial charge in [-0.1, -0.05) is 30.3 Å². The van der Waals surface area contributed by atoms with Crippen LogP contribution in [0.15, 0.2) is 60.9 Å². The molecule has 2 aromatic rings. The largest absolute Gasteiger partial charge is 0.507 e. The van der Waals surface area contributed by atoms with E-state index in [0.29, 0.717) is 5.56 Å². The monoisotopic (exact) mass is 256 g/mol. The topological polar surface area (TPSA) is 66.8 Å². The molecule has 0 unspecified atom stereocenters. The second kappa shape index (κ2) is 5.73. The number of carbonyl (C=O) groups is 1. The molecule has 0 aliphatic heterocycles. The summed E-state index contributed by atoms with van der Waals surface area (Å²) in [5, 5.41) is 19.2. The summed E-state index contributed by atoms with van der Waals surface area (Å²) in [6, 6.07) is 14.6. The van der Waals surface area contributed by atoms with E-state index in [4.69, 9.17) is 4.74 Å². The Morgan fingerprint density at radius 1 is 1.00 bits per heavy atom. The highest BCUT2D eigenvalue weighted by molar-refractivity contribution is 5.90. The summed E-state index contributed by atoms with van der Waals surface area (Å²) in [5.41, 5.74) is 0.576. The maximum Gasteiger partial charge on any atom is 0.343 e. The Labute approximate surface area is 110 Å². The molecular weight excluding hydrogens is 244 g/mol. The van der Waals surface area contributed by atoms with Gasteiger partial charge in [-0.15, -0.1) is 0 Å². The molecule has 2 N–H and O–H groups in total. The van der Waals surface area contributed by atoms with Crippen LogP contribution in [0.4, 0.5) is 0 Å². The Morgan fingerprint density at radius 3 is 2.32 bits per heavy atom. The molecule has 0 saturated heterocycles. The lowest BCUT2D eigenvalue weighted by Gasteiger charge is -2.03. The van der Waals surface area contributed by atoms with Gasteiger partial charge in [-0.2, -0.15) is 0 Å². The number of esters is 1. The third kappa shape index (κ3) is 3.13. The van der Waals surface area contributed by atoms with E-state index in [0.717, 1.165) is 6.26 Å². The van der Waals surface area contributed by atoms with Crippen LogP contribution in [0.1, 0.15) is 15.9 Å². The Bertz CT molecular complexity index is 603. The van der Waals surface area contributed by atoms with Crippen molar-refractivity contribution in [3.05, 3.63) is 72.0 Å². The summed E-state index contributed by atoms with van der Waals surface area (Å²) < 4.78 is 4.84. The van der Waals surface area contributed by atoms with Crippen molar-refractivity contribution < 1.29 is 19.7 Å². The van der Waals surface area contributed by atoms with E-state index < -0.39 is 5.97 Å². The minimum Gasteiger partial charge on any atom is -0.507 e. The zero-order chi connectivity index (χ0) is 13.7. The molecular formula is C15H12O4. The molecule has 96 valence electrons. The van der Waals surface area contributed by atoms with Crippen molar-refractivity contribution in [3.63, 3.8) is 0 Å². The third-order valence-corrected chi connectivity index (χ3v) is 2.47. The lowest BCUT2D eigenvalue weighted by molar-refractivity contribution is 0.0660. The van der Waals surface area contributed by atoms with E-state index in [1.54, 1.807) is 42.5 Å². The molecule has 0 amide bonds. The van der Waals surface area contributed by atoms with E-state index in [-0.39, 0.29) is 17.1 Å². The predicted molar refractivity (Wildman–Crippen MR) is 70.6 cm³/mol. The number of aliphatic hydroxyl groups is 1. The van der Waals surface area contributed by atoms with Gasteiger partial charge in [0.05, 0.1) is 11.1 Å². The number of carbonyl (C=O) groups excluding carboxylic acids is 1. The van der Waals surface area contributed by atoms with Crippen LogP contribution in [-0.4, -0.2) is 16.2 Å². The normalized spacial score (nSPS) is 11.1. The smallest absolute Gasteiger partial charge is 0.343 e. The molecule has 0 aliphatic rings. The molecule has 0 heterocycles. The Morgan fingerprint density at radius 2 is 1.63 bits per heavy atom. The maximum absolute atomic E-state index is 11.6. The van der Waals surface area contributed by atoms with Gasteiger partial charge < -0.3 is 14.9 Å². The van der Waals surface area contributed by atoms with Crippen LogP contribution in [-0.2, 0) is 4.74 Å². The SMILES string of the molecule is O=C(O/C=C(\O)c1ccccc1O)c1ccccc1. The summed E-state index contributed by atoms with van der Waals surface area (Å²) in [6.45, 7) is 0. The molecule has 0 saturated carbocycles. The first-order chi connectivity index (χ1) is 9.18. The first-order valence-electron chi connectivity index (χ1n) is 5.62. The van der Waals surface area contributed by atoms with Gasteiger partial charge in [-0.25, -0.2) is 4.79 Å².